The SMILES string of the molecule is COc1ccc(N[C@@H](C)C(=O)N(C)c2ccccc2)cc1Cl. The minimum Gasteiger partial charge on any atom is -0.495 e. The zero-order chi connectivity index (χ0) is 16.1. The molecule has 0 radical (unpaired) electrons. The predicted octanol–water partition coefficient (Wildman–Crippen LogP) is 3.81. The van der Waals surface area contributed by atoms with E-state index >= 15 is 0 Å². The van der Waals surface area contributed by atoms with E-state index in [0.717, 1.165) is 11.4 Å². The average molecular weight is 319 g/mol. The monoisotopic (exact) mass is 318 g/mol. The van der Waals surface area contributed by atoms with Gasteiger partial charge in [0.1, 0.15) is 11.8 Å². The number of methoxy groups -OCH3 is 1. The van der Waals surface area contributed by atoms with Gasteiger partial charge >= 0.3 is 0 Å². The number of rotatable bonds is 5. The summed E-state index contributed by atoms with van der Waals surface area (Å²) in [6.07, 6.45) is 0. The van der Waals surface area contributed by atoms with Crippen LogP contribution in [0, 0.1) is 0 Å². The highest BCUT2D eigenvalue weighted by Crippen LogP contribution is 2.27. The lowest BCUT2D eigenvalue weighted by atomic mass is 10.2. The van der Waals surface area contributed by atoms with Gasteiger partial charge in [-0.3, -0.25) is 4.79 Å². The van der Waals surface area contributed by atoms with Crippen LogP contribution in [-0.2, 0) is 4.79 Å². The molecule has 22 heavy (non-hydrogen) atoms. The molecule has 2 aromatic rings. The topological polar surface area (TPSA) is 41.6 Å². The first kappa shape index (κ1) is 16.2. The van der Waals surface area contributed by atoms with Crippen molar-refractivity contribution in [3.63, 3.8) is 0 Å². The molecule has 0 aromatic heterocycles. The van der Waals surface area contributed by atoms with Crippen LogP contribution in [0.3, 0.4) is 0 Å². The number of ether oxygens (including phenoxy) is 1. The van der Waals surface area contributed by atoms with E-state index in [1.54, 1.807) is 31.2 Å². The Bertz CT molecular complexity index is 646. The Hall–Kier alpha value is -2.20. The second kappa shape index (κ2) is 7.18. The van der Waals surface area contributed by atoms with Gasteiger partial charge in [0.15, 0.2) is 0 Å². The van der Waals surface area contributed by atoms with Gasteiger partial charge in [-0.15, -0.1) is 0 Å². The maximum atomic E-state index is 12.5. The normalized spacial score (nSPS) is 11.6. The molecule has 4 nitrogen and oxygen atoms in total. The van der Waals surface area contributed by atoms with Crippen molar-refractivity contribution in [1.29, 1.82) is 0 Å². The van der Waals surface area contributed by atoms with Crippen LogP contribution in [0.1, 0.15) is 6.92 Å². The third-order valence-electron chi connectivity index (χ3n) is 3.38. The summed E-state index contributed by atoms with van der Waals surface area (Å²) in [5.74, 6) is 0.575. The fourth-order valence-electron chi connectivity index (χ4n) is 2.14. The van der Waals surface area contributed by atoms with E-state index in [-0.39, 0.29) is 11.9 Å². The van der Waals surface area contributed by atoms with Crippen LogP contribution in [-0.4, -0.2) is 26.1 Å². The van der Waals surface area contributed by atoms with E-state index in [4.69, 9.17) is 16.3 Å². The molecule has 0 aliphatic rings. The van der Waals surface area contributed by atoms with Crippen LogP contribution >= 0.6 is 11.6 Å². The standard InChI is InChI=1S/C17H19ClN2O2/c1-12(17(21)20(2)14-7-5-4-6-8-14)19-13-9-10-16(22-3)15(18)11-13/h4-12,19H,1-3H3/t12-/m0/s1. The molecule has 2 aromatic carbocycles. The summed E-state index contributed by atoms with van der Waals surface area (Å²) in [5, 5.41) is 3.66. The van der Waals surface area contributed by atoms with Crippen molar-refractivity contribution >= 4 is 28.9 Å². The van der Waals surface area contributed by atoms with E-state index in [0.29, 0.717) is 10.8 Å². The van der Waals surface area contributed by atoms with Crippen LogP contribution in [0.25, 0.3) is 0 Å². The van der Waals surface area contributed by atoms with E-state index < -0.39 is 0 Å². The first-order chi connectivity index (χ1) is 10.5. The minimum atomic E-state index is -0.380. The summed E-state index contributed by atoms with van der Waals surface area (Å²) >= 11 is 6.09. The first-order valence-electron chi connectivity index (χ1n) is 6.95. The second-order valence-electron chi connectivity index (χ2n) is 4.95. The third-order valence-corrected chi connectivity index (χ3v) is 3.67. The van der Waals surface area contributed by atoms with Crippen LogP contribution in [0.4, 0.5) is 11.4 Å². The molecule has 0 aliphatic carbocycles. The molecule has 1 amide bonds. The second-order valence-corrected chi connectivity index (χ2v) is 5.36. The molecule has 116 valence electrons. The Labute approximate surface area is 135 Å². The fraction of sp³-hybridized carbons (Fsp3) is 0.235. The molecule has 5 heteroatoms. The highest BCUT2D eigenvalue weighted by atomic mass is 35.5. The molecule has 0 bridgehead atoms. The van der Waals surface area contributed by atoms with Crippen LogP contribution in [0.15, 0.2) is 48.5 Å². The number of hydrogen-bond donors (Lipinski definition) is 1. The Morgan fingerprint density at radius 3 is 2.50 bits per heavy atom. The molecule has 0 heterocycles. The summed E-state index contributed by atoms with van der Waals surface area (Å²) in [4.78, 5) is 14.1. The number of benzene rings is 2. The number of carbonyl (C=O) groups excluding carboxylic acids is 1. The van der Waals surface area contributed by atoms with Gasteiger partial charge in [0.25, 0.3) is 0 Å². The molecule has 1 N–H and O–H groups in total. The number of nitrogens with zero attached hydrogens (tertiary/aromatic N) is 1. The fourth-order valence-corrected chi connectivity index (χ4v) is 2.39. The average Bonchev–Trinajstić information content (AvgIpc) is 2.54. The van der Waals surface area contributed by atoms with E-state index in [1.165, 1.54) is 0 Å². The summed E-state index contributed by atoms with van der Waals surface area (Å²) in [6.45, 7) is 1.82. The van der Waals surface area contributed by atoms with Crippen molar-refractivity contribution in [2.75, 3.05) is 24.4 Å². The Balaban J connectivity index is 2.07. The van der Waals surface area contributed by atoms with Crippen molar-refractivity contribution in [3.05, 3.63) is 53.6 Å². The predicted molar refractivity (Wildman–Crippen MR) is 90.9 cm³/mol. The molecule has 0 saturated carbocycles. The largest absolute Gasteiger partial charge is 0.495 e. The van der Waals surface area contributed by atoms with Crippen molar-refractivity contribution in [3.8, 4) is 5.75 Å². The van der Waals surface area contributed by atoms with Gasteiger partial charge < -0.3 is 15.0 Å². The quantitative estimate of drug-likeness (QED) is 0.911. The summed E-state index contributed by atoms with van der Waals surface area (Å²) < 4.78 is 5.11. The van der Waals surface area contributed by atoms with Crippen LogP contribution in [0.2, 0.25) is 5.02 Å². The number of halogens is 1. The molecule has 0 spiro atoms. The molecule has 0 fully saturated rings. The number of nitrogens with one attached hydrogen (secondary N) is 1. The lowest BCUT2D eigenvalue weighted by Crippen LogP contribution is -2.39. The maximum Gasteiger partial charge on any atom is 0.248 e. The van der Waals surface area contributed by atoms with Gasteiger partial charge in [0, 0.05) is 18.4 Å². The lowest BCUT2D eigenvalue weighted by Gasteiger charge is -2.23. The summed E-state index contributed by atoms with van der Waals surface area (Å²) in [5.41, 5.74) is 1.63. The Morgan fingerprint density at radius 1 is 1.23 bits per heavy atom. The highest BCUT2D eigenvalue weighted by Gasteiger charge is 2.18. The van der Waals surface area contributed by atoms with Crippen molar-refractivity contribution in [2.24, 2.45) is 0 Å². The van der Waals surface area contributed by atoms with E-state index in [2.05, 4.69) is 5.32 Å². The van der Waals surface area contributed by atoms with Crippen molar-refractivity contribution in [2.45, 2.75) is 13.0 Å². The molecule has 0 aliphatic heterocycles. The number of anilines is 2. The van der Waals surface area contributed by atoms with Gasteiger partial charge in [0.2, 0.25) is 5.91 Å². The summed E-state index contributed by atoms with van der Waals surface area (Å²) in [6, 6.07) is 14.5. The number of amides is 1. The van der Waals surface area contributed by atoms with Gasteiger partial charge in [-0.05, 0) is 37.3 Å². The smallest absolute Gasteiger partial charge is 0.248 e. The molecular formula is C17H19ClN2O2. The number of carbonyl (C=O) groups is 1. The van der Waals surface area contributed by atoms with Gasteiger partial charge in [0.05, 0.1) is 12.1 Å². The van der Waals surface area contributed by atoms with E-state index in [9.17, 15) is 4.79 Å². The van der Waals surface area contributed by atoms with Gasteiger partial charge in [-0.25, -0.2) is 0 Å². The van der Waals surface area contributed by atoms with Gasteiger partial charge in [-0.1, -0.05) is 29.8 Å². The van der Waals surface area contributed by atoms with Gasteiger partial charge in [-0.2, -0.15) is 0 Å². The van der Waals surface area contributed by atoms with Crippen molar-refractivity contribution in [1.82, 2.24) is 0 Å². The number of hydrogen-bond acceptors (Lipinski definition) is 3. The zero-order valence-electron chi connectivity index (χ0n) is 12.8. The van der Waals surface area contributed by atoms with Crippen LogP contribution in [0.5, 0.6) is 5.75 Å². The molecule has 1 atom stereocenters. The third kappa shape index (κ3) is 3.71. The molecule has 0 unspecified atom stereocenters. The first-order valence-corrected chi connectivity index (χ1v) is 7.33. The maximum absolute atomic E-state index is 12.5. The molecular weight excluding hydrogens is 300 g/mol. The van der Waals surface area contributed by atoms with Crippen molar-refractivity contribution < 1.29 is 9.53 Å². The number of likely N-dealkylation sites (N-methyl/N-ethyl adjacent to an activating group) is 1. The lowest BCUT2D eigenvalue weighted by molar-refractivity contribution is -0.118. The van der Waals surface area contributed by atoms with E-state index in [1.807, 2.05) is 43.3 Å². The molecule has 0 saturated heterocycles. The Kier molecular flexibility index (Phi) is 5.28. The minimum absolute atomic E-state index is 0.0295. The van der Waals surface area contributed by atoms with Crippen LogP contribution < -0.4 is 15.0 Å². The zero-order valence-corrected chi connectivity index (χ0v) is 13.6. The number of para-hydroxylation sites is 1. The Morgan fingerprint density at radius 2 is 1.91 bits per heavy atom. The summed E-state index contributed by atoms with van der Waals surface area (Å²) in [7, 11) is 3.33. The highest BCUT2D eigenvalue weighted by molar-refractivity contribution is 6.32. The molecule has 2 rings (SSSR count).